The maximum Gasteiger partial charge on any atom is 0.410 e. The Balaban J connectivity index is 2.66. The van der Waals surface area contributed by atoms with Gasteiger partial charge < -0.3 is 9.64 Å². The fraction of sp³-hybridized carbons (Fsp3) is 0.818. The van der Waals surface area contributed by atoms with Crippen molar-refractivity contribution in [3.8, 4) is 0 Å². The maximum atomic E-state index is 13.5. The second kappa shape index (κ2) is 5.51. The highest BCUT2D eigenvalue weighted by atomic mass is 19.1. The van der Waals surface area contributed by atoms with Crippen LogP contribution in [0.2, 0.25) is 0 Å². The largest absolute Gasteiger partial charge is 0.444 e. The zero-order chi connectivity index (χ0) is 13.9. The van der Waals surface area contributed by atoms with E-state index in [9.17, 15) is 14.0 Å². The van der Waals surface area contributed by atoms with E-state index in [1.807, 2.05) is 5.43 Å². The lowest BCUT2D eigenvalue weighted by molar-refractivity contribution is -0.127. The normalized spacial score (nSPS) is 24.6. The van der Waals surface area contributed by atoms with Gasteiger partial charge in [0.15, 0.2) is 0 Å². The number of halogens is 1. The number of hydrazine groups is 1. The van der Waals surface area contributed by atoms with Gasteiger partial charge in [-0.3, -0.25) is 10.2 Å². The molecule has 0 spiro atoms. The zero-order valence-electron chi connectivity index (χ0n) is 10.9. The van der Waals surface area contributed by atoms with Crippen LogP contribution in [0.25, 0.3) is 0 Å². The van der Waals surface area contributed by atoms with Crippen LogP contribution in [-0.4, -0.2) is 41.8 Å². The Hall–Kier alpha value is -1.37. The van der Waals surface area contributed by atoms with Crippen LogP contribution >= 0.6 is 0 Å². The second-order valence-electron chi connectivity index (χ2n) is 5.42. The molecule has 6 nitrogen and oxygen atoms in total. The Kier molecular flexibility index (Phi) is 4.50. The summed E-state index contributed by atoms with van der Waals surface area (Å²) in [7, 11) is 0. The predicted octanol–water partition coefficient (Wildman–Crippen LogP) is 0.571. The van der Waals surface area contributed by atoms with E-state index < -0.39 is 29.7 Å². The summed E-state index contributed by atoms with van der Waals surface area (Å²) in [5, 5.41) is 0. The average molecular weight is 261 g/mol. The summed E-state index contributed by atoms with van der Waals surface area (Å²) in [6, 6.07) is 0. The number of nitrogens with zero attached hydrogens (tertiary/aromatic N) is 1. The Morgan fingerprint density at radius 3 is 2.50 bits per heavy atom. The number of carbonyl (C=O) groups is 2. The number of hydrogen-bond acceptors (Lipinski definition) is 4. The van der Waals surface area contributed by atoms with Gasteiger partial charge in [-0.1, -0.05) is 0 Å². The number of carbonyl (C=O) groups excluding carboxylic acids is 2. The second-order valence-corrected chi connectivity index (χ2v) is 5.42. The van der Waals surface area contributed by atoms with Gasteiger partial charge >= 0.3 is 6.09 Å². The van der Waals surface area contributed by atoms with E-state index in [1.165, 1.54) is 4.90 Å². The predicted molar refractivity (Wildman–Crippen MR) is 63.1 cm³/mol. The molecule has 2 atom stereocenters. The van der Waals surface area contributed by atoms with Crippen molar-refractivity contribution in [2.75, 3.05) is 13.1 Å². The first kappa shape index (κ1) is 14.7. The molecule has 0 bridgehead atoms. The van der Waals surface area contributed by atoms with E-state index in [2.05, 4.69) is 0 Å². The number of nitrogens with two attached hydrogens (primary N) is 1. The first-order valence-electron chi connectivity index (χ1n) is 5.85. The number of nitrogens with one attached hydrogen (secondary N) is 1. The zero-order valence-corrected chi connectivity index (χ0v) is 10.9. The topological polar surface area (TPSA) is 84.7 Å². The molecule has 1 saturated heterocycles. The van der Waals surface area contributed by atoms with Crippen LogP contribution in [0.15, 0.2) is 0 Å². The molecule has 18 heavy (non-hydrogen) atoms. The smallest absolute Gasteiger partial charge is 0.410 e. The van der Waals surface area contributed by atoms with Crippen molar-refractivity contribution in [1.29, 1.82) is 0 Å². The van der Waals surface area contributed by atoms with Crippen LogP contribution in [0.4, 0.5) is 9.18 Å². The third-order valence-electron chi connectivity index (χ3n) is 2.56. The number of hydrogen-bond donors (Lipinski definition) is 2. The Morgan fingerprint density at radius 2 is 2.00 bits per heavy atom. The van der Waals surface area contributed by atoms with Crippen LogP contribution in [0, 0.1) is 5.92 Å². The molecule has 2 amide bonds. The van der Waals surface area contributed by atoms with Crippen molar-refractivity contribution < 1.29 is 18.7 Å². The first-order valence-corrected chi connectivity index (χ1v) is 5.85. The van der Waals surface area contributed by atoms with Gasteiger partial charge in [-0.05, 0) is 27.2 Å². The molecule has 1 fully saturated rings. The first-order chi connectivity index (χ1) is 8.23. The molecule has 0 aliphatic carbocycles. The van der Waals surface area contributed by atoms with Crippen molar-refractivity contribution in [3.05, 3.63) is 0 Å². The van der Waals surface area contributed by atoms with Crippen LogP contribution in [0.1, 0.15) is 27.2 Å². The third kappa shape index (κ3) is 4.14. The highest BCUT2D eigenvalue weighted by molar-refractivity contribution is 5.79. The van der Waals surface area contributed by atoms with Crippen molar-refractivity contribution in [1.82, 2.24) is 10.3 Å². The quantitative estimate of drug-likeness (QED) is 0.410. The van der Waals surface area contributed by atoms with Crippen LogP contribution in [-0.2, 0) is 9.53 Å². The SMILES string of the molecule is CC(C)(C)OC(=O)N1CC(F)CC(C(=O)NN)C1. The number of alkyl halides is 1. The van der Waals surface area contributed by atoms with Crippen molar-refractivity contribution in [2.24, 2.45) is 11.8 Å². The number of ether oxygens (including phenoxy) is 1. The van der Waals surface area contributed by atoms with E-state index in [0.717, 1.165) is 0 Å². The van der Waals surface area contributed by atoms with Crippen LogP contribution in [0.3, 0.4) is 0 Å². The lowest BCUT2D eigenvalue weighted by atomic mass is 9.96. The van der Waals surface area contributed by atoms with Gasteiger partial charge in [0.2, 0.25) is 5.91 Å². The molecular formula is C11H20FN3O3. The van der Waals surface area contributed by atoms with Gasteiger partial charge in [0.25, 0.3) is 0 Å². The third-order valence-corrected chi connectivity index (χ3v) is 2.56. The molecule has 2 unspecified atom stereocenters. The number of piperidine rings is 1. The lowest BCUT2D eigenvalue weighted by Gasteiger charge is -2.34. The Bertz CT molecular complexity index is 330. The van der Waals surface area contributed by atoms with Gasteiger partial charge in [-0.15, -0.1) is 0 Å². The summed E-state index contributed by atoms with van der Waals surface area (Å²) in [6.45, 7) is 5.26. The molecule has 1 aliphatic rings. The van der Waals surface area contributed by atoms with Gasteiger partial charge in [0.1, 0.15) is 11.8 Å². The van der Waals surface area contributed by atoms with Gasteiger partial charge in [0.05, 0.1) is 12.5 Å². The highest BCUT2D eigenvalue weighted by Gasteiger charge is 2.35. The molecule has 0 aromatic carbocycles. The molecule has 7 heteroatoms. The fourth-order valence-electron chi connectivity index (χ4n) is 1.82. The standard InChI is InChI=1S/C11H20FN3O3/c1-11(2,3)18-10(17)15-5-7(9(16)14-13)4-8(12)6-15/h7-8H,4-6,13H2,1-3H3,(H,14,16). The van der Waals surface area contributed by atoms with Crippen LogP contribution < -0.4 is 11.3 Å². The summed E-state index contributed by atoms with van der Waals surface area (Å²) < 4.78 is 18.6. The molecule has 1 heterocycles. The number of likely N-dealkylation sites (tertiary alicyclic amines) is 1. The molecule has 1 rings (SSSR count). The summed E-state index contributed by atoms with van der Waals surface area (Å²) in [6.07, 6.45) is -1.78. The number of amides is 2. The van der Waals surface area contributed by atoms with E-state index in [4.69, 9.17) is 10.6 Å². The van der Waals surface area contributed by atoms with Gasteiger partial charge in [-0.2, -0.15) is 0 Å². The minimum Gasteiger partial charge on any atom is -0.444 e. The molecule has 0 aromatic rings. The Morgan fingerprint density at radius 1 is 1.39 bits per heavy atom. The van der Waals surface area contributed by atoms with Crippen molar-refractivity contribution in [3.63, 3.8) is 0 Å². The molecule has 0 saturated carbocycles. The maximum absolute atomic E-state index is 13.5. The van der Waals surface area contributed by atoms with Gasteiger partial charge in [-0.25, -0.2) is 15.0 Å². The molecule has 0 radical (unpaired) electrons. The van der Waals surface area contributed by atoms with Gasteiger partial charge in [0, 0.05) is 6.54 Å². The fourth-order valence-corrected chi connectivity index (χ4v) is 1.82. The van der Waals surface area contributed by atoms with E-state index in [1.54, 1.807) is 20.8 Å². The summed E-state index contributed by atoms with van der Waals surface area (Å²) >= 11 is 0. The molecule has 1 aliphatic heterocycles. The molecule has 3 N–H and O–H groups in total. The minimum absolute atomic E-state index is 0.0523. The highest BCUT2D eigenvalue weighted by Crippen LogP contribution is 2.21. The molecular weight excluding hydrogens is 241 g/mol. The number of rotatable bonds is 1. The Labute approximate surface area is 106 Å². The lowest BCUT2D eigenvalue weighted by Crippen LogP contribution is -2.51. The summed E-state index contributed by atoms with van der Waals surface area (Å²) in [4.78, 5) is 24.4. The van der Waals surface area contributed by atoms with Crippen molar-refractivity contribution >= 4 is 12.0 Å². The van der Waals surface area contributed by atoms with E-state index in [-0.39, 0.29) is 19.5 Å². The molecule has 104 valence electrons. The summed E-state index contributed by atoms with van der Waals surface area (Å²) in [5.41, 5.74) is 1.33. The van der Waals surface area contributed by atoms with Crippen LogP contribution in [0.5, 0.6) is 0 Å². The summed E-state index contributed by atoms with van der Waals surface area (Å²) in [5.74, 6) is 3.92. The monoisotopic (exact) mass is 261 g/mol. The van der Waals surface area contributed by atoms with E-state index in [0.29, 0.717) is 0 Å². The molecule has 0 aromatic heterocycles. The minimum atomic E-state index is -1.24. The average Bonchev–Trinajstić information content (AvgIpc) is 2.24. The van der Waals surface area contributed by atoms with Crippen molar-refractivity contribution in [2.45, 2.75) is 39.0 Å². The van der Waals surface area contributed by atoms with E-state index >= 15 is 0 Å².